The number of aromatic nitrogens is 2. The van der Waals surface area contributed by atoms with Crippen molar-refractivity contribution in [1.29, 1.82) is 0 Å². The Bertz CT molecular complexity index is 499. The molecule has 84 valence electrons. The van der Waals surface area contributed by atoms with Crippen molar-refractivity contribution >= 4 is 11.3 Å². The van der Waals surface area contributed by atoms with Gasteiger partial charge in [0.05, 0.1) is 0 Å². The highest BCUT2D eigenvalue weighted by Gasteiger charge is 2.11. The smallest absolute Gasteiger partial charge is 0.150 e. The molecule has 1 heterocycles. The molecule has 0 aliphatic carbocycles. The quantitative estimate of drug-likeness (QED) is 0.895. The predicted octanol–water partition coefficient (Wildman–Crippen LogP) is 2.20. The third-order valence-corrected chi connectivity index (χ3v) is 2.91. The number of nitrogens with zero attached hydrogens (tertiary/aromatic N) is 2. The van der Waals surface area contributed by atoms with Gasteiger partial charge >= 0.3 is 0 Å². The Balaban J connectivity index is 2.35. The third kappa shape index (κ3) is 2.23. The molecule has 0 aliphatic rings. The number of nitrogens with one attached hydrogen (secondary N) is 1. The van der Waals surface area contributed by atoms with E-state index in [1.807, 2.05) is 0 Å². The van der Waals surface area contributed by atoms with Gasteiger partial charge in [-0.15, -0.1) is 10.2 Å². The van der Waals surface area contributed by atoms with E-state index >= 15 is 0 Å². The molecule has 0 spiro atoms. The second kappa shape index (κ2) is 4.63. The van der Waals surface area contributed by atoms with E-state index in [0.29, 0.717) is 11.6 Å². The van der Waals surface area contributed by atoms with Gasteiger partial charge in [0.1, 0.15) is 16.6 Å². The van der Waals surface area contributed by atoms with Gasteiger partial charge in [-0.1, -0.05) is 11.3 Å². The lowest BCUT2D eigenvalue weighted by Gasteiger charge is -1.97. The maximum absolute atomic E-state index is 13.4. The van der Waals surface area contributed by atoms with Crippen molar-refractivity contribution in [3.8, 4) is 10.6 Å². The standard InChI is InChI=1S/C10H9F2N3S/c1-13-5-9-14-15-10(16-9)7-3-2-6(11)4-8(7)12/h2-4,13H,5H2,1H3. The first-order valence-electron chi connectivity index (χ1n) is 4.63. The first-order valence-corrected chi connectivity index (χ1v) is 5.45. The van der Waals surface area contributed by atoms with E-state index in [1.165, 1.54) is 23.5 Å². The topological polar surface area (TPSA) is 37.8 Å². The Morgan fingerprint density at radius 3 is 2.81 bits per heavy atom. The monoisotopic (exact) mass is 241 g/mol. The summed E-state index contributed by atoms with van der Waals surface area (Å²) >= 11 is 1.28. The molecular weight excluding hydrogens is 232 g/mol. The average molecular weight is 241 g/mol. The van der Waals surface area contributed by atoms with Gasteiger partial charge in [-0.25, -0.2) is 8.78 Å². The second-order valence-corrected chi connectivity index (χ2v) is 4.22. The van der Waals surface area contributed by atoms with Crippen molar-refractivity contribution in [1.82, 2.24) is 15.5 Å². The zero-order valence-corrected chi connectivity index (χ0v) is 9.31. The van der Waals surface area contributed by atoms with E-state index in [9.17, 15) is 8.78 Å². The Labute approximate surface area is 95.1 Å². The second-order valence-electron chi connectivity index (χ2n) is 3.16. The Morgan fingerprint density at radius 2 is 2.12 bits per heavy atom. The highest BCUT2D eigenvalue weighted by molar-refractivity contribution is 7.14. The maximum atomic E-state index is 13.4. The van der Waals surface area contributed by atoms with E-state index in [2.05, 4.69) is 15.5 Å². The number of rotatable bonds is 3. The molecular formula is C10H9F2N3S. The first kappa shape index (κ1) is 11.1. The van der Waals surface area contributed by atoms with Crippen molar-refractivity contribution < 1.29 is 8.78 Å². The summed E-state index contributed by atoms with van der Waals surface area (Å²) in [6.07, 6.45) is 0. The largest absolute Gasteiger partial charge is 0.313 e. The van der Waals surface area contributed by atoms with E-state index in [0.717, 1.165) is 11.1 Å². The van der Waals surface area contributed by atoms with Crippen LogP contribution in [0.4, 0.5) is 8.78 Å². The predicted molar refractivity (Wildman–Crippen MR) is 58.0 cm³/mol. The fourth-order valence-electron chi connectivity index (χ4n) is 1.25. The molecule has 1 N–H and O–H groups in total. The molecule has 0 atom stereocenters. The van der Waals surface area contributed by atoms with Gasteiger partial charge in [-0.3, -0.25) is 0 Å². The van der Waals surface area contributed by atoms with Crippen LogP contribution >= 0.6 is 11.3 Å². The zero-order valence-electron chi connectivity index (χ0n) is 8.50. The Hall–Kier alpha value is -1.40. The molecule has 0 radical (unpaired) electrons. The summed E-state index contributed by atoms with van der Waals surface area (Å²) < 4.78 is 26.1. The lowest BCUT2D eigenvalue weighted by molar-refractivity contribution is 0.585. The Morgan fingerprint density at radius 1 is 1.31 bits per heavy atom. The van der Waals surface area contributed by atoms with Crippen LogP contribution < -0.4 is 5.32 Å². The summed E-state index contributed by atoms with van der Waals surface area (Å²) in [5, 5.41) is 11.9. The van der Waals surface area contributed by atoms with Crippen LogP contribution in [-0.4, -0.2) is 17.2 Å². The Kier molecular flexibility index (Phi) is 3.21. The van der Waals surface area contributed by atoms with Crippen molar-refractivity contribution in [2.45, 2.75) is 6.54 Å². The van der Waals surface area contributed by atoms with Crippen LogP contribution in [0.2, 0.25) is 0 Å². The molecule has 16 heavy (non-hydrogen) atoms. The summed E-state index contributed by atoms with van der Waals surface area (Å²) in [5.74, 6) is -1.21. The molecule has 2 aromatic rings. The van der Waals surface area contributed by atoms with E-state index < -0.39 is 11.6 Å². The average Bonchev–Trinajstić information content (AvgIpc) is 2.67. The SMILES string of the molecule is CNCc1nnc(-c2ccc(F)cc2F)s1. The summed E-state index contributed by atoms with van der Waals surface area (Å²) in [4.78, 5) is 0. The molecule has 3 nitrogen and oxygen atoms in total. The maximum Gasteiger partial charge on any atom is 0.150 e. The van der Waals surface area contributed by atoms with Gasteiger partial charge in [-0.05, 0) is 19.2 Å². The van der Waals surface area contributed by atoms with E-state index in [4.69, 9.17) is 0 Å². The van der Waals surface area contributed by atoms with Crippen molar-refractivity contribution in [3.05, 3.63) is 34.8 Å². The van der Waals surface area contributed by atoms with Crippen LogP contribution in [0.1, 0.15) is 5.01 Å². The molecule has 2 rings (SSSR count). The van der Waals surface area contributed by atoms with Gasteiger partial charge < -0.3 is 5.32 Å². The third-order valence-electron chi connectivity index (χ3n) is 1.96. The lowest BCUT2D eigenvalue weighted by Crippen LogP contribution is -2.04. The molecule has 0 fully saturated rings. The van der Waals surface area contributed by atoms with Crippen LogP contribution in [0, 0.1) is 11.6 Å². The van der Waals surface area contributed by atoms with Crippen LogP contribution in [0.25, 0.3) is 10.6 Å². The van der Waals surface area contributed by atoms with Gasteiger partial charge in [0.2, 0.25) is 0 Å². The molecule has 0 saturated carbocycles. The molecule has 1 aromatic carbocycles. The fourth-order valence-corrected chi connectivity index (χ4v) is 2.13. The lowest BCUT2D eigenvalue weighted by atomic mass is 10.2. The van der Waals surface area contributed by atoms with E-state index in [1.54, 1.807) is 7.05 Å². The minimum atomic E-state index is -0.618. The van der Waals surface area contributed by atoms with Gasteiger partial charge in [0.15, 0.2) is 5.01 Å². The van der Waals surface area contributed by atoms with Crippen LogP contribution in [0.3, 0.4) is 0 Å². The zero-order chi connectivity index (χ0) is 11.5. The van der Waals surface area contributed by atoms with Crippen molar-refractivity contribution in [2.75, 3.05) is 7.05 Å². The van der Waals surface area contributed by atoms with Gasteiger partial charge in [0, 0.05) is 18.2 Å². The summed E-state index contributed by atoms with van der Waals surface area (Å²) in [7, 11) is 1.79. The normalized spacial score (nSPS) is 10.7. The first-order chi connectivity index (χ1) is 7.70. The number of hydrogen-bond donors (Lipinski definition) is 1. The van der Waals surface area contributed by atoms with Gasteiger partial charge in [0.25, 0.3) is 0 Å². The minimum Gasteiger partial charge on any atom is -0.313 e. The highest BCUT2D eigenvalue weighted by Crippen LogP contribution is 2.26. The minimum absolute atomic E-state index is 0.279. The van der Waals surface area contributed by atoms with Crippen molar-refractivity contribution in [2.24, 2.45) is 0 Å². The molecule has 0 saturated heterocycles. The molecule has 0 bridgehead atoms. The fraction of sp³-hybridized carbons (Fsp3) is 0.200. The molecule has 1 aromatic heterocycles. The van der Waals surface area contributed by atoms with Crippen molar-refractivity contribution in [3.63, 3.8) is 0 Å². The molecule has 0 amide bonds. The van der Waals surface area contributed by atoms with E-state index in [-0.39, 0.29) is 5.56 Å². The summed E-state index contributed by atoms with van der Waals surface area (Å²) in [6, 6.07) is 3.42. The summed E-state index contributed by atoms with van der Waals surface area (Å²) in [5.41, 5.74) is 0.279. The molecule has 0 unspecified atom stereocenters. The summed E-state index contributed by atoms with van der Waals surface area (Å²) in [6.45, 7) is 0.584. The van der Waals surface area contributed by atoms with Gasteiger partial charge in [-0.2, -0.15) is 0 Å². The number of halogens is 2. The van der Waals surface area contributed by atoms with Crippen LogP contribution in [0.15, 0.2) is 18.2 Å². The highest BCUT2D eigenvalue weighted by atomic mass is 32.1. The molecule has 0 aliphatic heterocycles. The molecule has 6 heteroatoms. The number of benzene rings is 1. The number of hydrogen-bond acceptors (Lipinski definition) is 4. The van der Waals surface area contributed by atoms with Crippen LogP contribution in [-0.2, 0) is 6.54 Å². The van der Waals surface area contributed by atoms with Crippen LogP contribution in [0.5, 0.6) is 0 Å².